The monoisotopic (exact) mass is 228 g/mol. The van der Waals surface area contributed by atoms with E-state index in [0.29, 0.717) is 16.4 Å². The number of hydrogen-bond donors (Lipinski definition) is 6. The van der Waals surface area contributed by atoms with Gasteiger partial charge in [0, 0.05) is 0 Å². The topological polar surface area (TPSA) is 216 Å². The third-order valence-corrected chi connectivity index (χ3v) is 1.19. The van der Waals surface area contributed by atoms with E-state index in [4.69, 9.17) is 23.2 Å². The van der Waals surface area contributed by atoms with Crippen molar-refractivity contribution in [1.29, 1.82) is 0 Å². The van der Waals surface area contributed by atoms with Crippen molar-refractivity contribution in [3.63, 3.8) is 0 Å². The fourth-order valence-corrected chi connectivity index (χ4v) is 0.513. The smallest absolute Gasteiger partial charge is 0.287 e. The van der Waals surface area contributed by atoms with Gasteiger partial charge in [0.1, 0.15) is 0 Å². The minimum absolute atomic E-state index is 0.102. The van der Waals surface area contributed by atoms with E-state index < -0.39 is 0 Å². The molecule has 0 aliphatic rings. The highest BCUT2D eigenvalue weighted by molar-refractivity contribution is 5.69. The van der Waals surface area contributed by atoms with Crippen LogP contribution in [0.25, 0.3) is 11.6 Å². The first-order valence-corrected chi connectivity index (χ1v) is 3.76. The second-order valence-corrected chi connectivity index (χ2v) is 2.30. The molecule has 2 aromatic heterocycles. The summed E-state index contributed by atoms with van der Waals surface area (Å²) >= 11 is 0. The Hall–Kier alpha value is -2.99. The van der Waals surface area contributed by atoms with Gasteiger partial charge in [0.15, 0.2) is 0 Å². The minimum Gasteiger partial charge on any atom is -0.287 e. The van der Waals surface area contributed by atoms with Crippen LogP contribution in [-0.2, 0) is 0 Å². The summed E-state index contributed by atoms with van der Waals surface area (Å²) in [5, 5.41) is 25.7. The maximum atomic E-state index is 4.81. The van der Waals surface area contributed by atoms with Crippen LogP contribution < -0.4 is 23.2 Å². The van der Waals surface area contributed by atoms with Gasteiger partial charge in [0.2, 0.25) is 11.6 Å². The first-order valence-electron chi connectivity index (χ1n) is 3.76. The number of H-pyrrole nitrogens is 2. The standard InChI is InChI=1S/C2H2N8.CH7N5/c3-1(4-8-7-3)2-5-9-10-6-2;2-1(3)6(4)5/h(H,3,4,7,8)(H,5,6,9,10);4-5H2,(H3,2,3)/p+1. The Morgan fingerprint density at radius 3 is 1.50 bits per heavy atom. The third-order valence-electron chi connectivity index (χ3n) is 1.19. The number of nitrogens with one attached hydrogen (secondary N) is 2. The van der Waals surface area contributed by atoms with Crippen molar-refractivity contribution in [2.24, 2.45) is 23.2 Å². The van der Waals surface area contributed by atoms with Crippen LogP contribution in [0.5, 0.6) is 0 Å². The van der Waals surface area contributed by atoms with Crippen LogP contribution in [0.4, 0.5) is 0 Å². The van der Waals surface area contributed by atoms with Crippen molar-refractivity contribution >= 4 is 5.96 Å². The lowest BCUT2D eigenvalue weighted by Crippen LogP contribution is -2.43. The number of guanidine groups is 1. The maximum Gasteiger partial charge on any atom is 0.385 e. The molecule has 2 rings (SSSR count). The number of hydrazine groups is 2. The summed E-state index contributed by atoms with van der Waals surface area (Å²) in [7, 11) is 0. The molecule has 13 heteroatoms. The Morgan fingerprint density at radius 1 is 0.938 bits per heavy atom. The van der Waals surface area contributed by atoms with Crippen LogP contribution in [0.15, 0.2) is 0 Å². The van der Waals surface area contributed by atoms with E-state index in [0.717, 1.165) is 0 Å². The highest BCUT2D eigenvalue weighted by Crippen LogP contribution is 1.99. The summed E-state index contributed by atoms with van der Waals surface area (Å²) in [6.07, 6.45) is 0. The van der Waals surface area contributed by atoms with Crippen molar-refractivity contribution in [3.8, 4) is 11.6 Å². The Labute approximate surface area is 87.8 Å². The highest BCUT2D eigenvalue weighted by atomic mass is 15.5. The SMILES string of the molecule is NC(N)=[N+](N)N.n1nc(-c2nn[nH]n2)n[nH]1. The van der Waals surface area contributed by atoms with Crippen LogP contribution >= 0.6 is 0 Å². The molecule has 0 aliphatic carbocycles. The molecule has 2 heterocycles. The number of nitrogens with zero attached hydrogens (tertiary/aromatic N) is 7. The van der Waals surface area contributed by atoms with Crippen LogP contribution in [-0.4, -0.2) is 52.0 Å². The van der Waals surface area contributed by atoms with Crippen LogP contribution in [0, 0.1) is 0 Å². The second kappa shape index (κ2) is 5.03. The molecule has 0 aliphatic heterocycles. The van der Waals surface area contributed by atoms with Crippen LogP contribution in [0.1, 0.15) is 0 Å². The predicted molar refractivity (Wildman–Crippen MR) is 49.4 cm³/mol. The number of aromatic amines is 2. The van der Waals surface area contributed by atoms with E-state index in [-0.39, 0.29) is 5.96 Å². The summed E-state index contributed by atoms with van der Waals surface area (Å²) < 4.78 is 0. The summed E-state index contributed by atoms with van der Waals surface area (Å²) in [5.41, 5.74) is 9.61. The molecule has 0 bridgehead atoms. The Kier molecular flexibility index (Phi) is 3.49. The van der Waals surface area contributed by atoms with E-state index >= 15 is 0 Å². The molecule has 2 aromatic rings. The number of tetrazole rings is 2. The fraction of sp³-hybridized carbons (Fsp3) is 0. The number of nitrogens with two attached hydrogens (primary N) is 4. The molecule has 86 valence electrons. The summed E-state index contributed by atoms with van der Waals surface area (Å²) in [6, 6.07) is 0. The van der Waals surface area contributed by atoms with Gasteiger partial charge in [0.05, 0.1) is 0 Å². The molecule has 0 atom stereocenters. The van der Waals surface area contributed by atoms with Gasteiger partial charge in [0.25, 0.3) is 0 Å². The number of hydrogen-bond acceptors (Lipinski definition) is 8. The summed E-state index contributed by atoms with van der Waals surface area (Å²) in [5.74, 6) is 10.1. The molecule has 0 saturated carbocycles. The molecule has 0 amide bonds. The van der Waals surface area contributed by atoms with E-state index in [9.17, 15) is 0 Å². The second-order valence-electron chi connectivity index (χ2n) is 2.30. The lowest BCUT2D eigenvalue weighted by atomic mass is 10.6. The minimum atomic E-state index is -0.102. The van der Waals surface area contributed by atoms with Crippen molar-refractivity contribution in [2.75, 3.05) is 0 Å². The van der Waals surface area contributed by atoms with Gasteiger partial charge in [-0.3, -0.25) is 23.2 Å². The van der Waals surface area contributed by atoms with Gasteiger partial charge in [-0.1, -0.05) is 4.79 Å². The Morgan fingerprint density at radius 2 is 1.31 bits per heavy atom. The van der Waals surface area contributed by atoms with E-state index in [2.05, 4.69) is 41.2 Å². The van der Waals surface area contributed by atoms with E-state index in [1.165, 1.54) is 0 Å². The first kappa shape index (κ1) is 11.1. The molecule has 0 fully saturated rings. The number of hydrazone groups is 2. The maximum absolute atomic E-state index is 4.81. The zero-order valence-corrected chi connectivity index (χ0v) is 7.94. The molecule has 0 saturated heterocycles. The normalized spacial score (nSPS) is 9.00. The van der Waals surface area contributed by atoms with Crippen molar-refractivity contribution in [3.05, 3.63) is 0 Å². The summed E-state index contributed by atoms with van der Waals surface area (Å²) in [4.78, 5) is 0.639. The molecule has 0 radical (unpaired) electrons. The van der Waals surface area contributed by atoms with E-state index in [1.54, 1.807) is 0 Å². The molecule has 16 heavy (non-hydrogen) atoms. The van der Waals surface area contributed by atoms with Gasteiger partial charge in [-0.05, 0) is 10.4 Å². The molecule has 13 nitrogen and oxygen atoms in total. The molecule has 0 unspecified atom stereocenters. The van der Waals surface area contributed by atoms with Crippen molar-refractivity contribution in [1.82, 2.24) is 41.2 Å². The van der Waals surface area contributed by atoms with E-state index in [1.807, 2.05) is 0 Å². The lowest BCUT2D eigenvalue weighted by molar-refractivity contribution is -0.553. The van der Waals surface area contributed by atoms with Gasteiger partial charge in [-0.25, -0.2) is 0 Å². The van der Waals surface area contributed by atoms with Gasteiger partial charge >= 0.3 is 5.96 Å². The van der Waals surface area contributed by atoms with Crippen LogP contribution in [0.3, 0.4) is 0 Å². The number of aromatic nitrogens is 8. The molecular formula is C3H10N13+. The third kappa shape index (κ3) is 3.05. The van der Waals surface area contributed by atoms with Crippen LogP contribution in [0.2, 0.25) is 0 Å². The summed E-state index contributed by atoms with van der Waals surface area (Å²) in [6.45, 7) is 0. The first-order chi connectivity index (χ1) is 7.61. The highest BCUT2D eigenvalue weighted by Gasteiger charge is 2.05. The van der Waals surface area contributed by atoms with Gasteiger partial charge < -0.3 is 0 Å². The zero-order valence-electron chi connectivity index (χ0n) is 7.94. The largest absolute Gasteiger partial charge is 0.385 e. The molecule has 10 N–H and O–H groups in total. The van der Waals surface area contributed by atoms with Crippen molar-refractivity contribution < 1.29 is 4.79 Å². The predicted octanol–water partition coefficient (Wildman–Crippen LogP) is -4.60. The molecular weight excluding hydrogens is 218 g/mol. The lowest BCUT2D eigenvalue weighted by Gasteiger charge is -1.86. The Balaban J connectivity index is 0.000000187. The molecule has 0 spiro atoms. The average molecular weight is 228 g/mol. The van der Waals surface area contributed by atoms with Gasteiger partial charge in [-0.15, -0.1) is 20.4 Å². The average Bonchev–Trinajstić information content (AvgIpc) is 2.91. The fourth-order valence-electron chi connectivity index (χ4n) is 0.513. The zero-order chi connectivity index (χ0) is 12.0. The van der Waals surface area contributed by atoms with Gasteiger partial charge in [-0.2, -0.15) is 10.4 Å². The molecule has 0 aromatic carbocycles. The Bertz CT molecular complexity index is 371. The quantitative estimate of drug-likeness (QED) is 0.0901. The van der Waals surface area contributed by atoms with Crippen molar-refractivity contribution in [2.45, 2.75) is 0 Å². The number of rotatable bonds is 1.